The zero-order valence-corrected chi connectivity index (χ0v) is 70.7. The molecule has 4 aliphatic carbocycles. The molecule has 21 atom stereocenters. The molecule has 114 heavy (non-hydrogen) atoms. The zero-order chi connectivity index (χ0) is 83.8. The quantitative estimate of drug-likeness (QED) is 0.0214. The van der Waals surface area contributed by atoms with Crippen LogP contribution in [-0.4, -0.2) is 238 Å². The number of esters is 5. The topological polar surface area (TPSA) is 333 Å². The molecule has 636 valence electrons. The number of carbonyl (C=O) groups is 10. The van der Waals surface area contributed by atoms with Crippen LogP contribution in [0.15, 0.2) is 81.9 Å². The average molecular weight is 1600 g/mol. The molecule has 8 aliphatic rings. The number of hydrogen-bond acceptors (Lipinski definition) is 25. The number of allylic oxidation sites excluding steroid dienone is 7. The van der Waals surface area contributed by atoms with Crippen molar-refractivity contribution in [3.05, 3.63) is 81.9 Å². The van der Waals surface area contributed by atoms with Crippen LogP contribution >= 0.6 is 0 Å². The van der Waals surface area contributed by atoms with Gasteiger partial charge in [0.25, 0.3) is 11.7 Å². The Hall–Kier alpha value is -7.04. The van der Waals surface area contributed by atoms with Crippen LogP contribution in [-0.2, 0) is 95.3 Å². The van der Waals surface area contributed by atoms with Crippen molar-refractivity contribution in [3.8, 4) is 0 Å². The van der Waals surface area contributed by atoms with E-state index in [1.165, 1.54) is 26.0 Å². The first kappa shape index (κ1) is 92.5. The minimum atomic E-state index is -2.50. The van der Waals surface area contributed by atoms with E-state index in [0.717, 1.165) is 18.5 Å². The van der Waals surface area contributed by atoms with Gasteiger partial charge in [-0.05, 0) is 185 Å². The van der Waals surface area contributed by atoms with E-state index in [1.807, 2.05) is 82.0 Å². The number of carbonyl (C=O) groups excluding carboxylic acids is 10. The highest BCUT2D eigenvalue weighted by molar-refractivity contribution is 6.39. The molecule has 0 radical (unpaired) electrons. The highest BCUT2D eigenvalue weighted by Gasteiger charge is 2.66. The lowest BCUT2D eigenvalue weighted by Gasteiger charge is -2.54. The van der Waals surface area contributed by atoms with Crippen LogP contribution in [0.4, 0.5) is 0 Å². The molecule has 1 amide bonds. The molecule has 3 saturated heterocycles. The summed E-state index contributed by atoms with van der Waals surface area (Å²) in [5.41, 5.74) is -0.268. The maximum absolute atomic E-state index is 14.9. The predicted octanol–water partition coefficient (Wildman–Crippen LogP) is 10.8. The first-order chi connectivity index (χ1) is 54.0. The Morgan fingerprint density at radius 2 is 1.46 bits per heavy atom. The van der Waals surface area contributed by atoms with Crippen LogP contribution in [0.5, 0.6) is 0 Å². The van der Waals surface area contributed by atoms with Gasteiger partial charge in [0.05, 0.1) is 35.9 Å². The maximum Gasteiger partial charge on any atom is 0.340 e. The van der Waals surface area contributed by atoms with Crippen molar-refractivity contribution in [1.82, 2.24) is 14.7 Å². The van der Waals surface area contributed by atoms with Gasteiger partial charge in [0.2, 0.25) is 11.6 Å². The number of piperidine rings is 1. The van der Waals surface area contributed by atoms with Crippen molar-refractivity contribution >= 4 is 58.9 Å². The van der Waals surface area contributed by atoms with Gasteiger partial charge in [-0.3, -0.25) is 38.4 Å². The Morgan fingerprint density at radius 1 is 0.754 bits per heavy atom. The number of Topliss-reactive ketones (excluding diaryl/α,β-unsaturated/α-hetero) is 4. The molecule has 3 N–H and O–H groups in total. The molecule has 26 heteroatoms. The highest BCUT2D eigenvalue weighted by atomic mass is 16.6. The third kappa shape index (κ3) is 22.0. The first-order valence-electron chi connectivity index (χ1n) is 41.5. The van der Waals surface area contributed by atoms with Gasteiger partial charge in [-0.15, -0.1) is 0 Å². The summed E-state index contributed by atoms with van der Waals surface area (Å²) in [6.45, 7) is 18.8. The first-order valence-corrected chi connectivity index (χ1v) is 41.5. The van der Waals surface area contributed by atoms with Gasteiger partial charge in [0.15, 0.2) is 11.5 Å². The molecule has 0 aromatic heterocycles. The van der Waals surface area contributed by atoms with Gasteiger partial charge in [0, 0.05) is 122 Å². The molecule has 2 bridgehead atoms. The standard InChI is InChI=1S/C88H131N3O23/c1-51-28-21-20-22-29-52(2)66(106-15)46-60-35-33-57(7)88(104,114-60)82(100)83(101)91-41-26-25-30-63(91)85(103)111-67(47-64(93)53(3)43-56(6)78(97)81(108-17)77(96)55(5)42-51)54(4)44-59-34-37-65(68(45-59)107-16)110-72(94)31-23-18-19-24-32-73(95)112-70-38-36-62-74-76(69(109-58(8)92)48-86(62,70)9)87(10)71(50-105-14)113-84(102)61(75(87)80(99)79(74)98)49-90(13)40-27-39-89(11)12/h20-22,28-29,43,49,51,53-55,57,59-60,62-63,65-71,78,81,97,99,104H,18-19,23-27,30-42,44-48,50H2,1-17H3/b22-20+,28-21+,52-29+,56-43+,61-49-/t51-,53-,54-,55-,57-,59+,60+,62?,63+,65-,66+,67+,68-,69-,70+,71-,78-,81+,86+,87+,88-/m1/s1. The Labute approximate surface area is 674 Å². The molecule has 4 heterocycles. The fourth-order valence-corrected chi connectivity index (χ4v) is 18.9. The minimum Gasteiger partial charge on any atom is -0.504 e. The lowest BCUT2D eigenvalue weighted by Crippen LogP contribution is -2.61. The van der Waals surface area contributed by atoms with E-state index in [4.69, 9.17) is 47.4 Å². The zero-order valence-electron chi connectivity index (χ0n) is 70.7. The minimum absolute atomic E-state index is 0.0196. The fraction of sp³-hybridized carbons (Fsp3) is 0.727. The molecule has 8 rings (SSSR count). The summed E-state index contributed by atoms with van der Waals surface area (Å²) < 4.78 is 60.4. The van der Waals surface area contributed by atoms with E-state index in [2.05, 4.69) is 0 Å². The molecule has 0 aromatic carbocycles. The van der Waals surface area contributed by atoms with Crippen LogP contribution < -0.4 is 0 Å². The fourth-order valence-electron chi connectivity index (χ4n) is 18.9. The van der Waals surface area contributed by atoms with E-state index < -0.39 is 166 Å². The molecule has 2 saturated carbocycles. The van der Waals surface area contributed by atoms with Gasteiger partial charge >= 0.3 is 29.8 Å². The van der Waals surface area contributed by atoms with Gasteiger partial charge < -0.3 is 77.4 Å². The summed E-state index contributed by atoms with van der Waals surface area (Å²) in [6.07, 6.45) is 12.7. The van der Waals surface area contributed by atoms with Crippen LogP contribution in [0.3, 0.4) is 0 Å². The Kier molecular flexibility index (Phi) is 33.6. The van der Waals surface area contributed by atoms with Crippen molar-refractivity contribution in [2.24, 2.45) is 52.3 Å². The van der Waals surface area contributed by atoms with Gasteiger partial charge in [-0.25, -0.2) is 9.59 Å². The average Bonchev–Trinajstić information content (AvgIpc) is 1.22. The number of rotatable bonds is 23. The lowest BCUT2D eigenvalue weighted by molar-refractivity contribution is -0.265. The summed E-state index contributed by atoms with van der Waals surface area (Å²) >= 11 is 0. The summed E-state index contributed by atoms with van der Waals surface area (Å²) in [5, 5.41) is 36.0. The van der Waals surface area contributed by atoms with E-state index in [-0.39, 0.29) is 91.8 Å². The second kappa shape index (κ2) is 41.4. The molecular formula is C88H131N3O23. The number of ether oxygens (including phenoxy) is 10. The van der Waals surface area contributed by atoms with Crippen molar-refractivity contribution in [3.63, 3.8) is 0 Å². The monoisotopic (exact) mass is 1600 g/mol. The summed E-state index contributed by atoms with van der Waals surface area (Å²) in [7, 11) is 11.7. The van der Waals surface area contributed by atoms with Gasteiger partial charge in [-0.2, -0.15) is 0 Å². The number of amides is 1. The molecule has 4 aliphatic heterocycles. The Bertz CT molecular complexity index is 3680. The summed E-state index contributed by atoms with van der Waals surface area (Å²) in [6, 6.07) is -1.23. The number of aliphatic hydroxyl groups excluding tert-OH is 2. The molecule has 26 nitrogen and oxygen atoms in total. The molecule has 0 aromatic rings. The number of methoxy groups -OCH3 is 4. The Morgan fingerprint density at radius 3 is 2.11 bits per heavy atom. The maximum atomic E-state index is 14.9. The molecule has 0 spiro atoms. The van der Waals surface area contributed by atoms with E-state index in [1.54, 1.807) is 68.2 Å². The largest absolute Gasteiger partial charge is 0.504 e. The predicted molar refractivity (Wildman–Crippen MR) is 423 cm³/mol. The number of ketones is 4. The van der Waals surface area contributed by atoms with Gasteiger partial charge in [0.1, 0.15) is 54.6 Å². The number of hydrogen-bond donors (Lipinski definition) is 3. The van der Waals surface area contributed by atoms with Gasteiger partial charge in [-0.1, -0.05) is 90.8 Å². The molecular weight excluding hydrogens is 1470 g/mol. The molecule has 5 fully saturated rings. The van der Waals surface area contributed by atoms with Crippen molar-refractivity contribution < 1.29 is 111 Å². The van der Waals surface area contributed by atoms with Crippen LogP contribution in [0.1, 0.15) is 210 Å². The van der Waals surface area contributed by atoms with Crippen LogP contribution in [0.2, 0.25) is 0 Å². The lowest BCUT2D eigenvalue weighted by atomic mass is 9.53. The van der Waals surface area contributed by atoms with Crippen molar-refractivity contribution in [2.45, 2.75) is 283 Å². The number of nitrogens with zero attached hydrogens (tertiary/aromatic N) is 3. The smallest absolute Gasteiger partial charge is 0.340 e. The van der Waals surface area contributed by atoms with E-state index in [9.17, 15) is 63.3 Å². The number of fused-ring (bicyclic) bond motifs is 7. The number of unbranched alkanes of at least 4 members (excludes halogenated alkanes) is 3. The van der Waals surface area contributed by atoms with Crippen LogP contribution in [0, 0.1) is 52.3 Å². The third-order valence-corrected chi connectivity index (χ3v) is 25.6. The normalized spacial score (nSPS) is 36.1. The van der Waals surface area contributed by atoms with Crippen LogP contribution in [0.25, 0.3) is 0 Å². The van der Waals surface area contributed by atoms with Crippen molar-refractivity contribution in [2.75, 3.05) is 75.8 Å². The second-order valence-electron chi connectivity index (χ2n) is 34.5. The second-order valence-corrected chi connectivity index (χ2v) is 34.5. The summed E-state index contributed by atoms with van der Waals surface area (Å²) in [4.78, 5) is 147. The third-order valence-electron chi connectivity index (χ3n) is 25.6. The van der Waals surface area contributed by atoms with E-state index in [0.29, 0.717) is 114 Å². The SMILES string of the molecule is COC[C@H]1OC(=O)/C(=C\N(C)CCCN(C)C)C2=C(O)C(=O)C3=C([C@H](OC(C)=O)C[C@@]4(C)C3CC[C@@H]4OC(=O)CCCCCCC(=O)O[C@@H]3CC[C@@H](C[C@@H](C)[C@@H]4CC(=O)[C@H](C)/C=C(\C)[C@@H](O)[C@@H](OC)C(=O)[C@H](C)C[C@H](C)/C=C/C=C/C=C(\C)[C@@H](OC)C[C@@H]5CC[C@@H](C)[C@@](O)(O5)C(=O)C(=O)N5CCCC[C@H]5C(=O)O4)C[C@H]3OC)[C@]21C. The summed E-state index contributed by atoms with van der Waals surface area (Å²) in [5.74, 6) is -12.8. The molecule has 1 unspecified atom stereocenters. The highest BCUT2D eigenvalue weighted by Crippen LogP contribution is 2.64. The van der Waals surface area contributed by atoms with Crippen molar-refractivity contribution in [1.29, 1.82) is 0 Å². The number of aliphatic hydroxyl groups is 3. The van der Waals surface area contributed by atoms with E-state index >= 15 is 0 Å². The number of cyclic esters (lactones) is 2. The Balaban J connectivity index is 0.888.